The number of hydrogen-bond acceptors (Lipinski definition) is 4. The first-order valence-corrected chi connectivity index (χ1v) is 10.2. The van der Waals surface area contributed by atoms with E-state index in [0.717, 1.165) is 49.5 Å². The molecule has 0 N–H and O–H groups in total. The molecule has 0 aromatic carbocycles. The molecule has 0 unspecified atom stereocenters. The molecule has 0 radical (unpaired) electrons. The lowest BCUT2D eigenvalue weighted by Gasteiger charge is -2.33. The smallest absolute Gasteiger partial charge is 0.246 e. The molecule has 2 fully saturated rings. The number of rotatable bonds is 3. The van der Waals surface area contributed by atoms with Gasteiger partial charge in [-0.25, -0.2) is 4.98 Å². The lowest BCUT2D eigenvalue weighted by Crippen LogP contribution is -2.44. The van der Waals surface area contributed by atoms with Crippen LogP contribution in [0.15, 0.2) is 11.5 Å². The zero-order valence-corrected chi connectivity index (χ0v) is 15.8. The van der Waals surface area contributed by atoms with Crippen LogP contribution in [0.1, 0.15) is 49.2 Å². The Hall–Kier alpha value is -1.69. The van der Waals surface area contributed by atoms with Crippen LogP contribution in [-0.2, 0) is 9.59 Å². The minimum Gasteiger partial charge on any atom is -0.342 e. The van der Waals surface area contributed by atoms with Crippen molar-refractivity contribution in [2.75, 3.05) is 26.2 Å². The van der Waals surface area contributed by atoms with E-state index in [1.54, 1.807) is 23.5 Å². The molecule has 3 rings (SSSR count). The van der Waals surface area contributed by atoms with E-state index in [-0.39, 0.29) is 11.8 Å². The van der Waals surface area contributed by atoms with E-state index in [1.165, 1.54) is 12.8 Å². The van der Waals surface area contributed by atoms with Gasteiger partial charge in [-0.3, -0.25) is 9.59 Å². The summed E-state index contributed by atoms with van der Waals surface area (Å²) in [5.74, 6) is 0.418. The number of thiazole rings is 1. The number of aryl methyl sites for hydroxylation is 1. The second kappa shape index (κ2) is 8.61. The third kappa shape index (κ3) is 4.91. The minimum atomic E-state index is 0.0197. The average Bonchev–Trinajstić information content (AvgIpc) is 2.87. The molecule has 0 bridgehead atoms. The molecule has 25 heavy (non-hydrogen) atoms. The second-order valence-electron chi connectivity index (χ2n) is 6.96. The zero-order chi connectivity index (χ0) is 17.6. The summed E-state index contributed by atoms with van der Waals surface area (Å²) in [6.07, 6.45) is 9.68. The molecule has 6 heteroatoms. The summed E-state index contributed by atoms with van der Waals surface area (Å²) in [7, 11) is 0. The minimum absolute atomic E-state index is 0.0197. The third-order valence-corrected chi connectivity index (χ3v) is 5.90. The second-order valence-corrected chi connectivity index (χ2v) is 8.03. The molecule has 0 spiro atoms. The first-order chi connectivity index (χ1) is 12.1. The lowest BCUT2D eigenvalue weighted by atomic mass is 9.95. The Morgan fingerprint density at radius 1 is 1.08 bits per heavy atom. The van der Waals surface area contributed by atoms with Crippen molar-refractivity contribution < 1.29 is 9.59 Å². The molecule has 3 heterocycles. The van der Waals surface area contributed by atoms with Gasteiger partial charge in [0.25, 0.3) is 0 Å². The predicted molar refractivity (Wildman–Crippen MR) is 100 cm³/mol. The Morgan fingerprint density at radius 2 is 1.76 bits per heavy atom. The molecule has 0 atom stereocenters. The fraction of sp³-hybridized carbons (Fsp3) is 0.632. The number of likely N-dealkylation sites (tertiary alicyclic amines) is 2. The van der Waals surface area contributed by atoms with Gasteiger partial charge in [0.2, 0.25) is 11.8 Å². The highest BCUT2D eigenvalue weighted by atomic mass is 32.1. The van der Waals surface area contributed by atoms with Crippen LogP contribution in [0.5, 0.6) is 0 Å². The van der Waals surface area contributed by atoms with E-state index in [1.807, 2.05) is 17.2 Å². The molecular formula is C19H27N3O2S. The van der Waals surface area contributed by atoms with Gasteiger partial charge in [-0.05, 0) is 38.7 Å². The Labute approximate surface area is 153 Å². The number of amides is 2. The third-order valence-electron chi connectivity index (χ3n) is 5.11. The summed E-state index contributed by atoms with van der Waals surface area (Å²) >= 11 is 1.58. The van der Waals surface area contributed by atoms with Gasteiger partial charge in [-0.2, -0.15) is 0 Å². The average molecular weight is 362 g/mol. The Morgan fingerprint density at radius 3 is 2.36 bits per heavy atom. The monoisotopic (exact) mass is 361 g/mol. The maximum atomic E-state index is 12.7. The molecule has 0 saturated carbocycles. The van der Waals surface area contributed by atoms with Crippen molar-refractivity contribution >= 4 is 29.2 Å². The van der Waals surface area contributed by atoms with Crippen LogP contribution >= 0.6 is 11.3 Å². The quantitative estimate of drug-likeness (QED) is 0.778. The first kappa shape index (κ1) is 18.1. The SMILES string of the molecule is Cc1nc(/C=C\C(=O)N2CCC(C(=O)N3CCCCCC3)CC2)cs1. The summed E-state index contributed by atoms with van der Waals surface area (Å²) in [4.78, 5) is 33.3. The van der Waals surface area contributed by atoms with Crippen molar-refractivity contribution in [1.82, 2.24) is 14.8 Å². The van der Waals surface area contributed by atoms with E-state index < -0.39 is 0 Å². The predicted octanol–water partition coefficient (Wildman–Crippen LogP) is 3.11. The van der Waals surface area contributed by atoms with Gasteiger partial charge in [-0.15, -0.1) is 11.3 Å². The van der Waals surface area contributed by atoms with Gasteiger partial charge in [-0.1, -0.05) is 12.8 Å². The normalized spacial score (nSPS) is 20.0. The molecule has 1 aromatic rings. The van der Waals surface area contributed by atoms with Crippen LogP contribution in [0.25, 0.3) is 6.08 Å². The summed E-state index contributed by atoms with van der Waals surface area (Å²) in [6, 6.07) is 0. The molecule has 2 amide bonds. The van der Waals surface area contributed by atoms with Crippen LogP contribution < -0.4 is 0 Å². The Kier molecular flexibility index (Phi) is 6.24. The standard InChI is InChI=1S/C19H27N3O2S/c1-15-20-17(14-25-15)6-7-18(23)21-12-8-16(9-13-21)19(24)22-10-4-2-3-5-11-22/h6-7,14,16H,2-5,8-13H2,1H3/b7-6-. The van der Waals surface area contributed by atoms with Crippen LogP contribution in [0, 0.1) is 12.8 Å². The summed E-state index contributed by atoms with van der Waals surface area (Å²) in [5.41, 5.74) is 0.835. The van der Waals surface area contributed by atoms with Crippen molar-refractivity contribution in [2.45, 2.75) is 45.4 Å². The number of piperidine rings is 1. The molecule has 136 valence electrons. The molecular weight excluding hydrogens is 334 g/mol. The van der Waals surface area contributed by atoms with Crippen molar-refractivity contribution in [3.63, 3.8) is 0 Å². The van der Waals surface area contributed by atoms with Crippen molar-refractivity contribution in [2.24, 2.45) is 5.92 Å². The highest BCUT2D eigenvalue weighted by Gasteiger charge is 2.29. The maximum Gasteiger partial charge on any atom is 0.246 e. The topological polar surface area (TPSA) is 53.5 Å². The van der Waals surface area contributed by atoms with Crippen molar-refractivity contribution in [1.29, 1.82) is 0 Å². The van der Waals surface area contributed by atoms with Gasteiger partial charge in [0.1, 0.15) is 0 Å². The largest absolute Gasteiger partial charge is 0.342 e. The highest BCUT2D eigenvalue weighted by Crippen LogP contribution is 2.22. The molecule has 2 aliphatic rings. The van der Waals surface area contributed by atoms with E-state index in [0.29, 0.717) is 19.0 Å². The summed E-state index contributed by atoms with van der Waals surface area (Å²) in [6.45, 7) is 5.12. The molecule has 1 aromatic heterocycles. The number of nitrogens with zero attached hydrogens (tertiary/aromatic N) is 3. The van der Waals surface area contributed by atoms with Crippen molar-refractivity contribution in [3.8, 4) is 0 Å². The van der Waals surface area contributed by atoms with Crippen LogP contribution in [0.2, 0.25) is 0 Å². The van der Waals surface area contributed by atoms with E-state index in [2.05, 4.69) is 9.88 Å². The molecule has 2 aliphatic heterocycles. The van der Waals surface area contributed by atoms with Crippen LogP contribution in [-0.4, -0.2) is 52.8 Å². The summed E-state index contributed by atoms with van der Waals surface area (Å²) in [5, 5.41) is 2.95. The number of carbonyl (C=O) groups excluding carboxylic acids is 2. The fourth-order valence-corrected chi connectivity index (χ4v) is 4.20. The number of carbonyl (C=O) groups is 2. The molecule has 0 aliphatic carbocycles. The van der Waals surface area contributed by atoms with E-state index >= 15 is 0 Å². The fourth-order valence-electron chi connectivity index (χ4n) is 3.61. The highest BCUT2D eigenvalue weighted by molar-refractivity contribution is 7.09. The Bertz CT molecular complexity index is 624. The van der Waals surface area contributed by atoms with Crippen LogP contribution in [0.4, 0.5) is 0 Å². The van der Waals surface area contributed by atoms with Gasteiger partial charge in [0.05, 0.1) is 10.7 Å². The maximum absolute atomic E-state index is 12.7. The lowest BCUT2D eigenvalue weighted by molar-refractivity contribution is -0.139. The van der Waals surface area contributed by atoms with Gasteiger partial charge >= 0.3 is 0 Å². The first-order valence-electron chi connectivity index (χ1n) is 9.31. The number of hydrogen-bond donors (Lipinski definition) is 0. The molecule has 5 nitrogen and oxygen atoms in total. The summed E-state index contributed by atoms with van der Waals surface area (Å²) < 4.78 is 0. The van der Waals surface area contributed by atoms with Gasteiger partial charge < -0.3 is 9.80 Å². The van der Waals surface area contributed by atoms with Crippen LogP contribution in [0.3, 0.4) is 0 Å². The zero-order valence-electron chi connectivity index (χ0n) is 14.9. The van der Waals surface area contributed by atoms with Crippen molar-refractivity contribution in [3.05, 3.63) is 22.2 Å². The van der Waals surface area contributed by atoms with E-state index in [4.69, 9.17) is 0 Å². The Balaban J connectivity index is 1.48. The van der Waals surface area contributed by atoms with Gasteiger partial charge in [0.15, 0.2) is 0 Å². The number of aromatic nitrogens is 1. The van der Waals surface area contributed by atoms with E-state index in [9.17, 15) is 9.59 Å². The molecule has 2 saturated heterocycles. The van der Waals surface area contributed by atoms with Gasteiger partial charge in [0, 0.05) is 43.6 Å².